The summed E-state index contributed by atoms with van der Waals surface area (Å²) in [6.07, 6.45) is 0.331. The molecule has 1 saturated heterocycles. The summed E-state index contributed by atoms with van der Waals surface area (Å²) >= 11 is 1.22. The number of urea groups is 1. The quantitative estimate of drug-likeness (QED) is 0.359. The number of rotatable bonds is 8. The van der Waals surface area contributed by atoms with Crippen LogP contribution in [0.2, 0.25) is 0 Å². The second kappa shape index (κ2) is 10.1. The van der Waals surface area contributed by atoms with E-state index in [4.69, 9.17) is 4.74 Å². The number of thiophene rings is 1. The second-order valence-corrected chi connectivity index (χ2v) is 8.99. The Hall–Kier alpha value is -3.98. The summed E-state index contributed by atoms with van der Waals surface area (Å²) in [6.45, 7) is 3.20. The molecule has 2 aromatic carbocycles. The molecule has 0 spiro atoms. The van der Waals surface area contributed by atoms with Crippen LogP contribution in [0.4, 0.5) is 9.80 Å². The highest BCUT2D eigenvalue weighted by Crippen LogP contribution is 2.36. The minimum absolute atomic E-state index is 0.184. The summed E-state index contributed by atoms with van der Waals surface area (Å²) in [5, 5.41) is 5.75. The van der Waals surface area contributed by atoms with Crippen molar-refractivity contribution >= 4 is 40.2 Å². The molecular formula is C26H25N3O5S. The fourth-order valence-corrected chi connectivity index (χ4v) is 5.10. The molecule has 180 valence electrons. The summed E-state index contributed by atoms with van der Waals surface area (Å²) in [4.78, 5) is 53.2. The molecule has 0 saturated carbocycles. The van der Waals surface area contributed by atoms with Gasteiger partial charge in [0, 0.05) is 4.88 Å². The van der Waals surface area contributed by atoms with Crippen LogP contribution in [0, 0.1) is 0 Å². The van der Waals surface area contributed by atoms with Crippen molar-refractivity contribution in [3.8, 4) is 10.4 Å². The highest BCUT2D eigenvalue weighted by molar-refractivity contribution is 7.20. The third-order valence-electron chi connectivity index (χ3n) is 5.81. The first-order chi connectivity index (χ1) is 16.9. The fraction of sp³-hybridized carbons (Fsp3) is 0.231. The number of amides is 4. The number of benzene rings is 2. The SMILES string of the molecule is CCOC(=O)c1cc(-c2ccccc2)sc1NC(=O)CN1C(=O)N[C@@](CC)(c2ccccc2)C1=O. The van der Waals surface area contributed by atoms with Crippen molar-refractivity contribution in [1.82, 2.24) is 10.2 Å². The smallest absolute Gasteiger partial charge is 0.341 e. The molecule has 4 rings (SSSR count). The van der Waals surface area contributed by atoms with E-state index in [2.05, 4.69) is 10.6 Å². The monoisotopic (exact) mass is 491 g/mol. The van der Waals surface area contributed by atoms with Gasteiger partial charge in [-0.1, -0.05) is 67.6 Å². The highest BCUT2D eigenvalue weighted by atomic mass is 32.1. The van der Waals surface area contributed by atoms with Crippen LogP contribution < -0.4 is 10.6 Å². The molecule has 1 aliphatic heterocycles. The molecule has 0 unspecified atom stereocenters. The zero-order chi connectivity index (χ0) is 25.0. The molecule has 35 heavy (non-hydrogen) atoms. The van der Waals surface area contributed by atoms with Crippen LogP contribution in [0.25, 0.3) is 10.4 Å². The molecule has 0 bridgehead atoms. The number of anilines is 1. The van der Waals surface area contributed by atoms with Crippen molar-refractivity contribution < 1.29 is 23.9 Å². The summed E-state index contributed by atoms with van der Waals surface area (Å²) in [6, 6.07) is 19.4. The van der Waals surface area contributed by atoms with Gasteiger partial charge >= 0.3 is 12.0 Å². The van der Waals surface area contributed by atoms with Gasteiger partial charge in [0.25, 0.3) is 5.91 Å². The Balaban J connectivity index is 1.56. The third kappa shape index (κ3) is 4.67. The van der Waals surface area contributed by atoms with Gasteiger partial charge < -0.3 is 15.4 Å². The van der Waals surface area contributed by atoms with Gasteiger partial charge in [0.05, 0.1) is 12.2 Å². The predicted molar refractivity (Wildman–Crippen MR) is 133 cm³/mol. The molecule has 1 aliphatic rings. The minimum Gasteiger partial charge on any atom is -0.462 e. The van der Waals surface area contributed by atoms with Gasteiger partial charge in [-0.15, -0.1) is 11.3 Å². The van der Waals surface area contributed by atoms with E-state index in [-0.39, 0.29) is 12.2 Å². The molecule has 9 heteroatoms. The molecule has 3 aromatic rings. The summed E-state index contributed by atoms with van der Waals surface area (Å²) < 4.78 is 5.15. The van der Waals surface area contributed by atoms with Gasteiger partial charge in [-0.25, -0.2) is 9.59 Å². The lowest BCUT2D eigenvalue weighted by atomic mass is 9.87. The maximum Gasteiger partial charge on any atom is 0.341 e. The van der Waals surface area contributed by atoms with E-state index in [1.165, 1.54) is 11.3 Å². The molecule has 1 atom stereocenters. The standard InChI is InChI=1S/C26H25N3O5S/c1-3-26(18-13-9-6-10-14-18)24(32)29(25(33)28-26)16-21(30)27-22-19(23(31)34-4-2)15-20(35-22)17-11-7-5-8-12-17/h5-15H,3-4,16H2,1-2H3,(H,27,30)(H,28,33)/t26-/m0/s1. The fourth-order valence-electron chi connectivity index (χ4n) is 4.03. The molecule has 1 fully saturated rings. The summed E-state index contributed by atoms with van der Waals surface area (Å²) in [7, 11) is 0. The van der Waals surface area contributed by atoms with Crippen molar-refractivity contribution in [2.75, 3.05) is 18.5 Å². The number of carbonyl (C=O) groups excluding carboxylic acids is 4. The highest BCUT2D eigenvalue weighted by Gasteiger charge is 2.51. The van der Waals surface area contributed by atoms with Crippen LogP contribution in [0.5, 0.6) is 0 Å². The van der Waals surface area contributed by atoms with Crippen LogP contribution in [0.15, 0.2) is 66.7 Å². The Bertz CT molecular complexity index is 1260. The van der Waals surface area contributed by atoms with E-state index >= 15 is 0 Å². The number of nitrogens with one attached hydrogen (secondary N) is 2. The second-order valence-electron chi connectivity index (χ2n) is 7.93. The van der Waals surface area contributed by atoms with Crippen LogP contribution in [0.1, 0.15) is 36.2 Å². The van der Waals surface area contributed by atoms with Crippen molar-refractivity contribution in [3.05, 3.63) is 77.9 Å². The van der Waals surface area contributed by atoms with E-state index in [0.717, 1.165) is 15.3 Å². The van der Waals surface area contributed by atoms with Gasteiger partial charge in [-0.2, -0.15) is 0 Å². The van der Waals surface area contributed by atoms with Crippen LogP contribution in [-0.4, -0.2) is 41.9 Å². The van der Waals surface area contributed by atoms with Gasteiger partial charge in [0.15, 0.2) is 0 Å². The number of carbonyl (C=O) groups is 4. The maximum absolute atomic E-state index is 13.3. The summed E-state index contributed by atoms with van der Waals surface area (Å²) in [5.74, 6) is -1.65. The summed E-state index contributed by atoms with van der Waals surface area (Å²) in [5.41, 5.74) is 0.527. The largest absolute Gasteiger partial charge is 0.462 e. The molecule has 0 aliphatic carbocycles. The van der Waals surface area contributed by atoms with E-state index in [0.29, 0.717) is 17.0 Å². The Labute approximate surface area is 206 Å². The minimum atomic E-state index is -1.22. The zero-order valence-electron chi connectivity index (χ0n) is 19.4. The third-order valence-corrected chi connectivity index (χ3v) is 6.91. The molecule has 2 heterocycles. The zero-order valence-corrected chi connectivity index (χ0v) is 20.2. The number of imide groups is 1. The van der Waals surface area contributed by atoms with Gasteiger partial charge in [0.2, 0.25) is 5.91 Å². The predicted octanol–water partition coefficient (Wildman–Crippen LogP) is 4.39. The Morgan fingerprint density at radius 2 is 1.69 bits per heavy atom. The van der Waals surface area contributed by atoms with E-state index in [1.807, 2.05) is 36.4 Å². The van der Waals surface area contributed by atoms with E-state index < -0.39 is 35.9 Å². The van der Waals surface area contributed by atoms with Crippen LogP contribution in [0.3, 0.4) is 0 Å². The lowest BCUT2D eigenvalue weighted by Gasteiger charge is -2.25. The number of esters is 1. The molecule has 4 amide bonds. The normalized spacial score (nSPS) is 17.3. The molecule has 1 aromatic heterocycles. The molecule has 2 N–H and O–H groups in total. The number of hydrogen-bond donors (Lipinski definition) is 2. The number of ether oxygens (including phenoxy) is 1. The molecular weight excluding hydrogens is 466 g/mol. The molecule has 8 nitrogen and oxygen atoms in total. The van der Waals surface area contributed by atoms with Crippen molar-refractivity contribution in [2.45, 2.75) is 25.8 Å². The van der Waals surface area contributed by atoms with Crippen molar-refractivity contribution in [3.63, 3.8) is 0 Å². The number of hydrogen-bond acceptors (Lipinski definition) is 6. The van der Waals surface area contributed by atoms with E-state index in [9.17, 15) is 19.2 Å². The average molecular weight is 492 g/mol. The lowest BCUT2D eigenvalue weighted by Crippen LogP contribution is -2.44. The first-order valence-corrected chi connectivity index (χ1v) is 12.1. The Morgan fingerprint density at radius 3 is 2.31 bits per heavy atom. The van der Waals surface area contributed by atoms with Crippen LogP contribution >= 0.6 is 11.3 Å². The van der Waals surface area contributed by atoms with E-state index in [1.54, 1.807) is 44.2 Å². The van der Waals surface area contributed by atoms with Gasteiger partial charge in [-0.05, 0) is 30.5 Å². The van der Waals surface area contributed by atoms with Gasteiger partial charge in [0.1, 0.15) is 17.1 Å². The number of nitrogens with zero attached hydrogens (tertiary/aromatic N) is 1. The Morgan fingerprint density at radius 1 is 1.03 bits per heavy atom. The first kappa shape index (κ1) is 24.2. The van der Waals surface area contributed by atoms with Crippen molar-refractivity contribution in [1.29, 1.82) is 0 Å². The lowest BCUT2D eigenvalue weighted by molar-refractivity contribution is -0.134. The van der Waals surface area contributed by atoms with Crippen molar-refractivity contribution in [2.24, 2.45) is 0 Å². The molecule has 0 radical (unpaired) electrons. The maximum atomic E-state index is 13.3. The average Bonchev–Trinajstić information content (AvgIpc) is 3.40. The topological polar surface area (TPSA) is 105 Å². The first-order valence-electron chi connectivity index (χ1n) is 11.3. The van der Waals surface area contributed by atoms with Crippen LogP contribution in [-0.2, 0) is 19.9 Å². The Kier molecular flexibility index (Phi) is 6.97. The van der Waals surface area contributed by atoms with Gasteiger partial charge in [-0.3, -0.25) is 14.5 Å².